The van der Waals surface area contributed by atoms with Gasteiger partial charge in [0.25, 0.3) is 0 Å². The lowest BCUT2D eigenvalue weighted by Gasteiger charge is -2.02. The summed E-state index contributed by atoms with van der Waals surface area (Å²) < 4.78 is 10.6. The highest BCUT2D eigenvalue weighted by molar-refractivity contribution is 6.30. The maximum atomic E-state index is 5.77. The molecule has 0 saturated heterocycles. The first-order valence-electron chi connectivity index (χ1n) is 5.36. The van der Waals surface area contributed by atoms with Crippen LogP contribution in [0.3, 0.4) is 0 Å². The van der Waals surface area contributed by atoms with Gasteiger partial charge in [-0.25, -0.2) is 0 Å². The quantitative estimate of drug-likeness (QED) is 0.837. The first-order valence-corrected chi connectivity index (χ1v) is 5.74. The van der Waals surface area contributed by atoms with Gasteiger partial charge in [0.15, 0.2) is 6.61 Å². The Kier molecular flexibility index (Phi) is 3.64. The van der Waals surface area contributed by atoms with Crippen molar-refractivity contribution in [2.45, 2.75) is 26.4 Å². The van der Waals surface area contributed by atoms with Crippen LogP contribution in [0, 0.1) is 0 Å². The highest BCUT2D eigenvalue weighted by Crippen LogP contribution is 2.17. The molecule has 0 aliphatic carbocycles. The Morgan fingerprint density at radius 1 is 1.29 bits per heavy atom. The van der Waals surface area contributed by atoms with Gasteiger partial charge < -0.3 is 9.26 Å². The monoisotopic (exact) mass is 252 g/mol. The minimum atomic E-state index is 0.229. The average molecular weight is 253 g/mol. The molecule has 0 radical (unpaired) electrons. The normalized spacial score (nSPS) is 10.8. The van der Waals surface area contributed by atoms with Crippen molar-refractivity contribution < 1.29 is 9.26 Å². The van der Waals surface area contributed by atoms with Crippen LogP contribution in [0.5, 0.6) is 5.75 Å². The average Bonchev–Trinajstić information content (AvgIpc) is 2.77. The van der Waals surface area contributed by atoms with Gasteiger partial charge in [-0.15, -0.1) is 0 Å². The molecule has 17 heavy (non-hydrogen) atoms. The predicted octanol–water partition coefficient (Wildman–Crippen LogP) is 3.43. The molecule has 5 heteroatoms. The summed E-state index contributed by atoms with van der Waals surface area (Å²) in [5.41, 5.74) is 0. The van der Waals surface area contributed by atoms with E-state index < -0.39 is 0 Å². The van der Waals surface area contributed by atoms with Crippen molar-refractivity contribution >= 4 is 11.6 Å². The standard InChI is InChI=1S/C12H13ClN2O2/c1-8(2)12-14-11(15-17-12)7-16-10-5-3-9(13)4-6-10/h3-6,8H,7H2,1-2H3. The molecule has 0 atom stereocenters. The zero-order valence-corrected chi connectivity index (χ0v) is 10.4. The van der Waals surface area contributed by atoms with Crippen LogP contribution >= 0.6 is 11.6 Å². The van der Waals surface area contributed by atoms with Crippen molar-refractivity contribution in [3.63, 3.8) is 0 Å². The molecule has 0 saturated carbocycles. The van der Waals surface area contributed by atoms with Gasteiger partial charge in [0.2, 0.25) is 11.7 Å². The van der Waals surface area contributed by atoms with Gasteiger partial charge in [-0.05, 0) is 24.3 Å². The maximum absolute atomic E-state index is 5.77. The largest absolute Gasteiger partial charge is 0.485 e. The van der Waals surface area contributed by atoms with E-state index in [2.05, 4.69) is 10.1 Å². The Bertz CT molecular complexity index is 480. The Balaban J connectivity index is 1.95. The van der Waals surface area contributed by atoms with Crippen LogP contribution in [0.25, 0.3) is 0 Å². The van der Waals surface area contributed by atoms with E-state index in [-0.39, 0.29) is 12.5 Å². The molecule has 0 aliphatic rings. The third-order valence-corrected chi connectivity index (χ3v) is 2.41. The lowest BCUT2D eigenvalue weighted by molar-refractivity contribution is 0.284. The topological polar surface area (TPSA) is 48.2 Å². The molecule has 1 heterocycles. The van der Waals surface area contributed by atoms with Crippen LogP contribution in [0.1, 0.15) is 31.5 Å². The van der Waals surface area contributed by atoms with Crippen molar-refractivity contribution in [1.29, 1.82) is 0 Å². The summed E-state index contributed by atoms with van der Waals surface area (Å²) in [7, 11) is 0. The summed E-state index contributed by atoms with van der Waals surface area (Å²) >= 11 is 5.77. The van der Waals surface area contributed by atoms with Gasteiger partial charge in [0.1, 0.15) is 5.75 Å². The first-order chi connectivity index (χ1) is 8.15. The fraction of sp³-hybridized carbons (Fsp3) is 0.333. The van der Waals surface area contributed by atoms with E-state index in [1.165, 1.54) is 0 Å². The van der Waals surface area contributed by atoms with Crippen molar-refractivity contribution in [1.82, 2.24) is 10.1 Å². The number of hydrogen-bond acceptors (Lipinski definition) is 4. The van der Waals surface area contributed by atoms with Gasteiger partial charge in [0.05, 0.1) is 0 Å². The van der Waals surface area contributed by atoms with Gasteiger partial charge in [0, 0.05) is 10.9 Å². The Hall–Kier alpha value is -1.55. The second-order valence-corrected chi connectivity index (χ2v) is 4.38. The molecule has 0 fully saturated rings. The molecule has 1 aromatic carbocycles. The van der Waals surface area contributed by atoms with Crippen LogP contribution < -0.4 is 4.74 Å². The van der Waals surface area contributed by atoms with E-state index >= 15 is 0 Å². The smallest absolute Gasteiger partial charge is 0.229 e. The zero-order chi connectivity index (χ0) is 12.3. The van der Waals surface area contributed by atoms with E-state index in [1.54, 1.807) is 24.3 Å². The summed E-state index contributed by atoms with van der Waals surface area (Å²) in [5.74, 6) is 2.13. The van der Waals surface area contributed by atoms with Crippen molar-refractivity contribution in [3.05, 3.63) is 41.0 Å². The number of benzene rings is 1. The van der Waals surface area contributed by atoms with Gasteiger partial charge >= 0.3 is 0 Å². The molecule has 0 unspecified atom stereocenters. The van der Waals surface area contributed by atoms with E-state index in [4.69, 9.17) is 20.9 Å². The highest BCUT2D eigenvalue weighted by Gasteiger charge is 2.09. The van der Waals surface area contributed by atoms with Crippen LogP contribution in [0.4, 0.5) is 0 Å². The molecule has 0 bridgehead atoms. The summed E-state index contributed by atoms with van der Waals surface area (Å²) in [6.07, 6.45) is 0. The van der Waals surface area contributed by atoms with Crippen molar-refractivity contribution in [2.75, 3.05) is 0 Å². The molecule has 1 aromatic heterocycles. The molecule has 2 rings (SSSR count). The fourth-order valence-corrected chi connectivity index (χ4v) is 1.37. The molecule has 4 nitrogen and oxygen atoms in total. The highest BCUT2D eigenvalue weighted by atomic mass is 35.5. The molecular weight excluding hydrogens is 240 g/mol. The molecule has 90 valence electrons. The lowest BCUT2D eigenvalue weighted by Crippen LogP contribution is -1.98. The van der Waals surface area contributed by atoms with E-state index in [9.17, 15) is 0 Å². The van der Waals surface area contributed by atoms with E-state index in [0.29, 0.717) is 16.7 Å². The number of nitrogens with zero attached hydrogens (tertiary/aromatic N) is 2. The molecule has 2 aromatic rings. The minimum absolute atomic E-state index is 0.229. The summed E-state index contributed by atoms with van der Waals surface area (Å²) in [4.78, 5) is 4.21. The van der Waals surface area contributed by atoms with E-state index in [1.807, 2.05) is 13.8 Å². The molecule has 0 aliphatic heterocycles. The second kappa shape index (κ2) is 5.19. The fourth-order valence-electron chi connectivity index (χ4n) is 1.24. The summed E-state index contributed by atoms with van der Waals surface area (Å²) in [6, 6.07) is 7.14. The molecule has 0 spiro atoms. The number of hydrogen-bond donors (Lipinski definition) is 0. The molecular formula is C12H13ClN2O2. The third-order valence-electron chi connectivity index (χ3n) is 2.16. The number of rotatable bonds is 4. The number of aromatic nitrogens is 2. The third kappa shape index (κ3) is 3.20. The predicted molar refractivity (Wildman–Crippen MR) is 64.2 cm³/mol. The van der Waals surface area contributed by atoms with Crippen molar-refractivity contribution in [3.8, 4) is 5.75 Å². The SMILES string of the molecule is CC(C)c1nc(COc2ccc(Cl)cc2)no1. The van der Waals surface area contributed by atoms with Crippen LogP contribution in [0.2, 0.25) is 5.02 Å². The molecule has 0 N–H and O–H groups in total. The van der Waals surface area contributed by atoms with Gasteiger partial charge in [-0.1, -0.05) is 30.6 Å². The Labute approximate surface area is 105 Å². The Morgan fingerprint density at radius 3 is 2.59 bits per heavy atom. The number of halogens is 1. The van der Waals surface area contributed by atoms with Crippen LogP contribution in [0.15, 0.2) is 28.8 Å². The lowest BCUT2D eigenvalue weighted by atomic mass is 10.2. The first kappa shape index (κ1) is 11.9. The van der Waals surface area contributed by atoms with Crippen LogP contribution in [-0.2, 0) is 6.61 Å². The molecule has 0 amide bonds. The summed E-state index contributed by atoms with van der Waals surface area (Å²) in [6.45, 7) is 4.28. The second-order valence-electron chi connectivity index (χ2n) is 3.95. The maximum Gasteiger partial charge on any atom is 0.229 e. The zero-order valence-electron chi connectivity index (χ0n) is 9.68. The van der Waals surface area contributed by atoms with Gasteiger partial charge in [-0.2, -0.15) is 4.98 Å². The van der Waals surface area contributed by atoms with Crippen LogP contribution in [-0.4, -0.2) is 10.1 Å². The van der Waals surface area contributed by atoms with Crippen molar-refractivity contribution in [2.24, 2.45) is 0 Å². The summed E-state index contributed by atoms with van der Waals surface area (Å²) in [5, 5.41) is 4.51. The van der Waals surface area contributed by atoms with Gasteiger partial charge in [-0.3, -0.25) is 0 Å². The van der Waals surface area contributed by atoms with E-state index in [0.717, 1.165) is 5.75 Å². The number of ether oxygens (including phenoxy) is 1. The Morgan fingerprint density at radius 2 is 2.00 bits per heavy atom. The minimum Gasteiger partial charge on any atom is -0.485 e.